The molecule has 2 aromatic heterocycles. The molecule has 6 rings (SSSR count). The fourth-order valence-corrected chi connectivity index (χ4v) is 5.52. The molecule has 1 amide bonds. The molecule has 9 heteroatoms. The summed E-state index contributed by atoms with van der Waals surface area (Å²) in [6.07, 6.45) is 3.94. The van der Waals surface area contributed by atoms with Crippen LogP contribution < -0.4 is 5.32 Å². The Bertz CT molecular complexity index is 1620. The molecule has 0 bridgehead atoms. The zero-order valence-electron chi connectivity index (χ0n) is 22.3. The van der Waals surface area contributed by atoms with Crippen LogP contribution in [0.25, 0.3) is 33.4 Å². The van der Waals surface area contributed by atoms with Crippen molar-refractivity contribution in [2.24, 2.45) is 5.92 Å². The van der Waals surface area contributed by atoms with Crippen molar-refractivity contribution < 1.29 is 9.59 Å². The number of hydrogen-bond donors (Lipinski definition) is 3. The van der Waals surface area contributed by atoms with E-state index in [0.717, 1.165) is 59.1 Å². The van der Waals surface area contributed by atoms with Crippen LogP contribution in [-0.4, -0.2) is 68.4 Å². The van der Waals surface area contributed by atoms with Gasteiger partial charge in [0.25, 0.3) is 0 Å². The van der Waals surface area contributed by atoms with Crippen molar-refractivity contribution in [2.75, 3.05) is 20.1 Å². The maximum absolute atomic E-state index is 13.9. The van der Waals surface area contributed by atoms with E-state index in [1.807, 2.05) is 79.0 Å². The number of nitrogens with zero attached hydrogens (tertiary/aromatic N) is 4. The molecule has 202 valence electrons. The number of Topliss-reactive ketones (excluding diaryl/α,β-unsaturated/α-hetero) is 1. The van der Waals surface area contributed by atoms with Gasteiger partial charge in [0, 0.05) is 40.6 Å². The maximum Gasteiger partial charge on any atom is 0.223 e. The van der Waals surface area contributed by atoms with Crippen molar-refractivity contribution in [3.05, 3.63) is 90.1 Å². The number of hydrogen-bond acceptors (Lipinski definition) is 6. The average Bonchev–Trinajstić information content (AvgIpc) is 3.68. The number of para-hydroxylation sites is 1. The molecule has 1 aliphatic heterocycles. The van der Waals surface area contributed by atoms with Crippen LogP contribution in [0, 0.1) is 5.92 Å². The van der Waals surface area contributed by atoms with Crippen molar-refractivity contribution in [2.45, 2.75) is 25.3 Å². The minimum atomic E-state index is -0.676. The number of fused-ring (bicyclic) bond motifs is 1. The molecule has 40 heavy (non-hydrogen) atoms. The molecule has 5 aromatic rings. The Morgan fingerprint density at radius 3 is 2.45 bits per heavy atom. The molecule has 0 saturated carbocycles. The van der Waals surface area contributed by atoms with E-state index in [-0.39, 0.29) is 17.6 Å². The lowest BCUT2D eigenvalue weighted by Gasteiger charge is -2.29. The highest BCUT2D eigenvalue weighted by Crippen LogP contribution is 2.30. The number of aromatic amines is 2. The molecule has 3 heterocycles. The number of amides is 1. The van der Waals surface area contributed by atoms with Gasteiger partial charge >= 0.3 is 0 Å². The van der Waals surface area contributed by atoms with E-state index in [2.05, 4.69) is 42.9 Å². The van der Waals surface area contributed by atoms with E-state index in [9.17, 15) is 9.59 Å². The number of tetrazole rings is 1. The number of carbonyl (C=O) groups is 2. The fourth-order valence-electron chi connectivity index (χ4n) is 5.52. The van der Waals surface area contributed by atoms with Crippen molar-refractivity contribution in [1.29, 1.82) is 0 Å². The summed E-state index contributed by atoms with van der Waals surface area (Å²) in [5, 5.41) is 18.4. The van der Waals surface area contributed by atoms with E-state index < -0.39 is 6.04 Å². The Labute approximate surface area is 232 Å². The van der Waals surface area contributed by atoms with Crippen LogP contribution in [0.3, 0.4) is 0 Å². The number of rotatable bonds is 8. The van der Waals surface area contributed by atoms with Gasteiger partial charge in [0.05, 0.1) is 6.04 Å². The summed E-state index contributed by atoms with van der Waals surface area (Å²) in [4.78, 5) is 32.8. The van der Waals surface area contributed by atoms with E-state index >= 15 is 0 Å². The predicted molar refractivity (Wildman–Crippen MR) is 154 cm³/mol. The van der Waals surface area contributed by atoms with Gasteiger partial charge < -0.3 is 15.2 Å². The van der Waals surface area contributed by atoms with Gasteiger partial charge in [-0.05, 0) is 66.2 Å². The lowest BCUT2D eigenvalue weighted by molar-refractivity contribution is -0.126. The summed E-state index contributed by atoms with van der Waals surface area (Å²) in [6.45, 7) is 1.76. The number of benzene rings is 3. The molecule has 9 nitrogen and oxygen atoms in total. The Morgan fingerprint density at radius 1 is 0.975 bits per heavy atom. The smallest absolute Gasteiger partial charge is 0.223 e. The highest BCUT2D eigenvalue weighted by molar-refractivity contribution is 6.03. The van der Waals surface area contributed by atoms with Crippen molar-refractivity contribution in [1.82, 2.24) is 35.8 Å². The second kappa shape index (κ2) is 11.2. The highest BCUT2D eigenvalue weighted by Gasteiger charge is 2.29. The highest BCUT2D eigenvalue weighted by atomic mass is 16.2. The molecule has 1 saturated heterocycles. The maximum atomic E-state index is 13.9. The van der Waals surface area contributed by atoms with Crippen molar-refractivity contribution >= 4 is 22.6 Å². The van der Waals surface area contributed by atoms with Gasteiger partial charge in [-0.3, -0.25) is 9.59 Å². The minimum absolute atomic E-state index is 0.0440. The van der Waals surface area contributed by atoms with E-state index in [1.54, 1.807) is 0 Å². The molecule has 3 N–H and O–H groups in total. The van der Waals surface area contributed by atoms with Gasteiger partial charge in [-0.1, -0.05) is 66.7 Å². The number of ketones is 1. The first-order valence-corrected chi connectivity index (χ1v) is 13.6. The van der Waals surface area contributed by atoms with Gasteiger partial charge in [0.15, 0.2) is 11.6 Å². The molecule has 0 spiro atoms. The lowest BCUT2D eigenvalue weighted by atomic mass is 9.92. The van der Waals surface area contributed by atoms with Crippen LogP contribution in [0.5, 0.6) is 0 Å². The number of nitrogens with one attached hydrogen (secondary N) is 3. The van der Waals surface area contributed by atoms with Gasteiger partial charge in [0.2, 0.25) is 5.91 Å². The molecule has 0 aliphatic carbocycles. The summed E-state index contributed by atoms with van der Waals surface area (Å²) in [5.74, 6) is 0.341. The SMILES string of the molecule is CN1CCC(C(=O)NC(Cc2c[nH]c3ccccc23)C(=O)c2ccc(-c3ccccc3-c3nnn[nH]3)cc2)CC1. The average molecular weight is 534 g/mol. The molecule has 1 fully saturated rings. The summed E-state index contributed by atoms with van der Waals surface area (Å²) in [6, 6.07) is 22.7. The zero-order valence-corrected chi connectivity index (χ0v) is 22.3. The number of piperidine rings is 1. The second-order valence-electron chi connectivity index (χ2n) is 10.4. The Morgan fingerprint density at radius 2 is 1.70 bits per heavy atom. The van der Waals surface area contributed by atoms with Gasteiger partial charge in [-0.25, -0.2) is 5.10 Å². The van der Waals surface area contributed by atoms with E-state index in [4.69, 9.17) is 0 Å². The van der Waals surface area contributed by atoms with E-state index in [0.29, 0.717) is 17.8 Å². The zero-order chi connectivity index (χ0) is 27.5. The molecule has 0 radical (unpaired) electrons. The standard InChI is InChI=1S/C31H31N7O2/c1-38-16-14-22(15-17-38)31(40)33-28(18-23-19-32-27-9-5-4-7-25(23)27)29(39)21-12-10-20(11-13-21)24-6-2-3-8-26(24)30-34-36-37-35-30/h2-13,19,22,28,32H,14-18H2,1H3,(H,33,40)(H,34,35,36,37). The van der Waals surface area contributed by atoms with Crippen LogP contribution in [-0.2, 0) is 11.2 Å². The molecular weight excluding hydrogens is 502 g/mol. The predicted octanol–water partition coefficient (Wildman–Crippen LogP) is 4.27. The summed E-state index contributed by atoms with van der Waals surface area (Å²) in [5.41, 5.74) is 5.32. The molecule has 1 unspecified atom stereocenters. The number of aromatic nitrogens is 5. The molecule has 3 aromatic carbocycles. The summed E-state index contributed by atoms with van der Waals surface area (Å²) in [7, 11) is 2.07. The monoisotopic (exact) mass is 533 g/mol. The number of H-pyrrole nitrogens is 2. The van der Waals surface area contributed by atoms with Crippen LogP contribution in [0.4, 0.5) is 0 Å². The van der Waals surface area contributed by atoms with Crippen LogP contribution in [0.1, 0.15) is 28.8 Å². The quantitative estimate of drug-likeness (QED) is 0.256. The normalized spacial score (nSPS) is 15.2. The van der Waals surface area contributed by atoms with Crippen LogP contribution in [0.15, 0.2) is 79.0 Å². The topological polar surface area (TPSA) is 120 Å². The van der Waals surface area contributed by atoms with Gasteiger partial charge in [0.1, 0.15) is 0 Å². The molecule has 1 aliphatic rings. The first-order valence-electron chi connectivity index (χ1n) is 13.6. The van der Waals surface area contributed by atoms with Crippen molar-refractivity contribution in [3.8, 4) is 22.5 Å². The Hall–Kier alpha value is -4.63. The van der Waals surface area contributed by atoms with Crippen LogP contribution >= 0.6 is 0 Å². The van der Waals surface area contributed by atoms with Gasteiger partial charge in [-0.2, -0.15) is 0 Å². The number of carbonyl (C=O) groups excluding carboxylic acids is 2. The van der Waals surface area contributed by atoms with Gasteiger partial charge in [-0.15, -0.1) is 5.10 Å². The van der Waals surface area contributed by atoms with E-state index in [1.165, 1.54) is 0 Å². The first-order chi connectivity index (χ1) is 19.6. The molecular formula is C31H31N7O2. The third kappa shape index (κ3) is 5.28. The summed E-state index contributed by atoms with van der Waals surface area (Å²) >= 11 is 0. The largest absolute Gasteiger partial charge is 0.361 e. The number of likely N-dealkylation sites (tertiary alicyclic amines) is 1. The van der Waals surface area contributed by atoms with Crippen LogP contribution in [0.2, 0.25) is 0 Å². The molecule has 1 atom stereocenters. The second-order valence-corrected chi connectivity index (χ2v) is 10.4. The minimum Gasteiger partial charge on any atom is -0.361 e. The first kappa shape index (κ1) is 25.6. The lowest BCUT2D eigenvalue weighted by Crippen LogP contribution is -2.47. The third-order valence-electron chi connectivity index (χ3n) is 7.83. The Balaban J connectivity index is 1.27. The van der Waals surface area contributed by atoms with Crippen molar-refractivity contribution in [3.63, 3.8) is 0 Å². The third-order valence-corrected chi connectivity index (χ3v) is 7.83. The summed E-state index contributed by atoms with van der Waals surface area (Å²) < 4.78 is 0. The fraction of sp³-hybridized carbons (Fsp3) is 0.258. The Kier molecular flexibility index (Phi) is 7.20.